The summed E-state index contributed by atoms with van der Waals surface area (Å²) in [5, 5.41) is 0. The van der Waals surface area contributed by atoms with Gasteiger partial charge in [0.15, 0.2) is 0 Å². The van der Waals surface area contributed by atoms with Crippen molar-refractivity contribution < 1.29 is 18.1 Å². The monoisotopic (exact) mass is 295 g/mol. The number of carbonyl (C=O) groups is 1. The van der Waals surface area contributed by atoms with Crippen LogP contribution < -0.4 is 0 Å². The number of hydrogen-bond acceptors (Lipinski definition) is 5. The minimum Gasteiger partial charge on any atom is -0.376 e. The first-order valence-corrected chi connectivity index (χ1v) is 8.19. The van der Waals surface area contributed by atoms with Gasteiger partial charge in [-0.05, 0) is 12.0 Å². The summed E-state index contributed by atoms with van der Waals surface area (Å²) in [6.07, 6.45) is 3.32. The first-order chi connectivity index (χ1) is 9.65. The average Bonchev–Trinajstić information content (AvgIpc) is 2.52. The fourth-order valence-corrected chi connectivity index (χ4v) is 4.01. The predicted octanol–water partition coefficient (Wildman–Crippen LogP) is 2.11. The van der Waals surface area contributed by atoms with Crippen LogP contribution in [-0.4, -0.2) is 48.3 Å². The average molecular weight is 295 g/mol. The molecule has 0 aliphatic carbocycles. The smallest absolute Gasteiger partial charge is 0.376 e. The Morgan fingerprint density at radius 1 is 1.10 bits per heavy atom. The Bertz CT molecular complexity index is 435. The van der Waals surface area contributed by atoms with Crippen LogP contribution in [0.25, 0.3) is 0 Å². The van der Waals surface area contributed by atoms with Gasteiger partial charge in [-0.3, -0.25) is 9.79 Å². The lowest BCUT2D eigenvalue weighted by Crippen LogP contribution is -2.53. The molecule has 1 aromatic rings. The Kier molecular flexibility index (Phi) is 6.73. The topological polar surface area (TPSA) is 57.1 Å². The van der Waals surface area contributed by atoms with E-state index >= 15 is 0 Å². The van der Waals surface area contributed by atoms with Gasteiger partial charge in [0.2, 0.25) is 0 Å². The molecule has 1 aromatic carbocycles. The minimum atomic E-state index is -2.77. The van der Waals surface area contributed by atoms with E-state index < -0.39 is 8.80 Å². The van der Waals surface area contributed by atoms with Gasteiger partial charge in [0.05, 0.1) is 0 Å². The van der Waals surface area contributed by atoms with Crippen molar-refractivity contribution in [1.29, 1.82) is 0 Å². The van der Waals surface area contributed by atoms with Gasteiger partial charge in [0.1, 0.15) is 12.0 Å². The number of aliphatic imine (C=N–C) groups is 1. The summed E-state index contributed by atoms with van der Waals surface area (Å²) < 4.78 is 16.3. The molecule has 1 atom stereocenters. The summed E-state index contributed by atoms with van der Waals surface area (Å²) in [6, 6.07) is 7.19. The molecule has 110 valence electrons. The highest BCUT2D eigenvalue weighted by atomic mass is 28.4. The van der Waals surface area contributed by atoms with Gasteiger partial charge in [-0.1, -0.05) is 31.2 Å². The van der Waals surface area contributed by atoms with Crippen molar-refractivity contribution >= 4 is 21.3 Å². The lowest BCUT2D eigenvalue weighted by molar-refractivity contribution is 0.111. The summed E-state index contributed by atoms with van der Waals surface area (Å²) in [5.41, 5.74) is 1.40. The van der Waals surface area contributed by atoms with Gasteiger partial charge in [-0.2, -0.15) is 0 Å². The van der Waals surface area contributed by atoms with Crippen molar-refractivity contribution in [3.63, 3.8) is 0 Å². The maximum Gasteiger partial charge on any atom is 0.526 e. The molecule has 0 radical (unpaired) electrons. The van der Waals surface area contributed by atoms with Gasteiger partial charge in [-0.15, -0.1) is 0 Å². The Balaban J connectivity index is 2.90. The van der Waals surface area contributed by atoms with Crippen molar-refractivity contribution in [3.8, 4) is 0 Å². The highest BCUT2D eigenvalue weighted by molar-refractivity contribution is 6.62. The van der Waals surface area contributed by atoms with Gasteiger partial charge >= 0.3 is 8.80 Å². The van der Waals surface area contributed by atoms with E-state index in [1.807, 2.05) is 19.1 Å². The van der Waals surface area contributed by atoms with Crippen LogP contribution in [0.4, 0.5) is 0 Å². The van der Waals surface area contributed by atoms with E-state index in [9.17, 15) is 4.79 Å². The van der Waals surface area contributed by atoms with E-state index in [1.54, 1.807) is 39.7 Å². The van der Waals surface area contributed by atoms with Crippen molar-refractivity contribution in [2.24, 2.45) is 4.99 Å². The van der Waals surface area contributed by atoms with Crippen LogP contribution in [0, 0.1) is 0 Å². The number of benzene rings is 1. The van der Waals surface area contributed by atoms with Crippen molar-refractivity contribution in [2.45, 2.75) is 19.0 Å². The Morgan fingerprint density at radius 3 is 2.00 bits per heavy atom. The Morgan fingerprint density at radius 2 is 1.60 bits per heavy atom. The molecule has 1 rings (SSSR count). The zero-order chi connectivity index (χ0) is 15.0. The normalized spacial score (nSPS) is 13.6. The van der Waals surface area contributed by atoms with Crippen LogP contribution in [0.1, 0.15) is 29.3 Å². The zero-order valence-corrected chi connectivity index (χ0v) is 13.3. The second-order valence-corrected chi connectivity index (χ2v) is 7.30. The van der Waals surface area contributed by atoms with E-state index in [4.69, 9.17) is 13.3 Å². The Hall–Kier alpha value is -1.34. The van der Waals surface area contributed by atoms with Gasteiger partial charge in [-0.25, -0.2) is 0 Å². The van der Waals surface area contributed by atoms with Crippen LogP contribution in [-0.2, 0) is 13.3 Å². The number of nitrogens with zero attached hydrogens (tertiary/aromatic N) is 1. The molecule has 0 saturated carbocycles. The molecule has 0 bridgehead atoms. The minimum absolute atomic E-state index is 0.159. The molecule has 5 nitrogen and oxygen atoms in total. The lowest BCUT2D eigenvalue weighted by Gasteiger charge is -2.29. The van der Waals surface area contributed by atoms with Crippen LogP contribution >= 0.6 is 0 Å². The van der Waals surface area contributed by atoms with Crippen molar-refractivity contribution in [1.82, 2.24) is 0 Å². The molecule has 20 heavy (non-hydrogen) atoms. The van der Waals surface area contributed by atoms with Gasteiger partial charge < -0.3 is 13.3 Å². The zero-order valence-electron chi connectivity index (χ0n) is 12.3. The third-order valence-corrected chi connectivity index (χ3v) is 6.21. The van der Waals surface area contributed by atoms with Crippen LogP contribution in [0.3, 0.4) is 0 Å². The fourth-order valence-electron chi connectivity index (χ4n) is 1.94. The van der Waals surface area contributed by atoms with Gasteiger partial charge in [0.25, 0.3) is 0 Å². The summed E-state index contributed by atoms with van der Waals surface area (Å²) in [4.78, 5) is 15.1. The second kappa shape index (κ2) is 8.06. The third-order valence-electron chi connectivity index (χ3n) is 3.12. The standard InChI is InChI=1S/C14H21NO4Si/c1-5-14(20(17-2,18-3)19-4)15-10-12-6-8-13(11-16)9-7-12/h6-11,14H,5H2,1-4H3/b15-10+. The van der Waals surface area contributed by atoms with E-state index in [1.165, 1.54) is 0 Å². The molecule has 0 spiro atoms. The molecule has 0 aliphatic heterocycles. The SMILES string of the molecule is CCC(/N=C/c1ccc(C=O)cc1)[Si](OC)(OC)OC. The summed E-state index contributed by atoms with van der Waals surface area (Å²) >= 11 is 0. The fraction of sp³-hybridized carbons (Fsp3) is 0.429. The number of aldehydes is 1. The molecule has 1 unspecified atom stereocenters. The molecule has 0 heterocycles. The quantitative estimate of drug-likeness (QED) is 0.419. The highest BCUT2D eigenvalue weighted by Gasteiger charge is 2.46. The lowest BCUT2D eigenvalue weighted by atomic mass is 10.2. The number of rotatable bonds is 8. The third kappa shape index (κ3) is 3.83. The maximum atomic E-state index is 10.6. The summed E-state index contributed by atoms with van der Waals surface area (Å²) in [5.74, 6) is 0. The Labute approximate surface area is 120 Å². The van der Waals surface area contributed by atoms with E-state index in [2.05, 4.69) is 4.99 Å². The van der Waals surface area contributed by atoms with E-state index in [0.717, 1.165) is 18.3 Å². The molecule has 0 N–H and O–H groups in total. The molecule has 0 aliphatic rings. The molecule has 0 saturated heterocycles. The summed E-state index contributed by atoms with van der Waals surface area (Å²) in [7, 11) is 1.97. The van der Waals surface area contributed by atoms with Crippen LogP contribution in [0.15, 0.2) is 29.3 Å². The highest BCUT2D eigenvalue weighted by Crippen LogP contribution is 2.18. The van der Waals surface area contributed by atoms with Gasteiger partial charge in [0, 0.05) is 33.1 Å². The van der Waals surface area contributed by atoms with Crippen LogP contribution in [0.5, 0.6) is 0 Å². The summed E-state index contributed by atoms with van der Waals surface area (Å²) in [6.45, 7) is 2.01. The first-order valence-electron chi connectivity index (χ1n) is 6.39. The predicted molar refractivity (Wildman–Crippen MR) is 80.3 cm³/mol. The second-order valence-electron chi connectivity index (χ2n) is 4.20. The molecule has 6 heteroatoms. The van der Waals surface area contributed by atoms with Crippen LogP contribution in [0.2, 0.25) is 0 Å². The largest absolute Gasteiger partial charge is 0.526 e. The van der Waals surface area contributed by atoms with E-state index in [-0.39, 0.29) is 5.67 Å². The molecular weight excluding hydrogens is 274 g/mol. The molecule has 0 amide bonds. The molecule has 0 aromatic heterocycles. The van der Waals surface area contributed by atoms with E-state index in [0.29, 0.717) is 5.56 Å². The number of hydrogen-bond donors (Lipinski definition) is 0. The maximum absolute atomic E-state index is 10.6. The molecular formula is C14H21NO4Si. The van der Waals surface area contributed by atoms with Crippen molar-refractivity contribution in [3.05, 3.63) is 35.4 Å². The number of carbonyl (C=O) groups excluding carboxylic acids is 1. The van der Waals surface area contributed by atoms with Crippen molar-refractivity contribution in [2.75, 3.05) is 21.3 Å². The first kappa shape index (κ1) is 16.7. The molecule has 0 fully saturated rings.